The van der Waals surface area contributed by atoms with Crippen LogP contribution in [0, 0.1) is 3.57 Å². The maximum absolute atomic E-state index is 12.0. The molecule has 1 heterocycles. The first-order chi connectivity index (χ1) is 10.1. The number of amides is 2. The topological polar surface area (TPSA) is 52.6 Å². The summed E-state index contributed by atoms with van der Waals surface area (Å²) in [7, 11) is 2.06. The molecule has 5 nitrogen and oxygen atoms in total. The summed E-state index contributed by atoms with van der Waals surface area (Å²) in [5, 5.41) is 2.80. The van der Waals surface area contributed by atoms with Gasteiger partial charge in [0, 0.05) is 48.3 Å². The number of nitrogens with one attached hydrogen (secondary N) is 1. The van der Waals surface area contributed by atoms with Crippen LogP contribution in [0.2, 0.25) is 0 Å². The molecule has 6 heteroatoms. The average molecular weight is 401 g/mol. The van der Waals surface area contributed by atoms with Crippen LogP contribution in [-0.4, -0.2) is 61.4 Å². The maximum Gasteiger partial charge on any atom is 0.251 e. The molecule has 0 atom stereocenters. The quantitative estimate of drug-likeness (QED) is 0.772. The molecule has 1 aromatic carbocycles. The monoisotopic (exact) mass is 401 g/mol. The minimum absolute atomic E-state index is 0.117. The van der Waals surface area contributed by atoms with Gasteiger partial charge in [-0.05, 0) is 53.9 Å². The molecule has 1 fully saturated rings. The van der Waals surface area contributed by atoms with Crippen LogP contribution in [0.25, 0.3) is 0 Å². The van der Waals surface area contributed by atoms with Crippen molar-refractivity contribution in [3.63, 3.8) is 0 Å². The second-order valence-corrected chi connectivity index (χ2v) is 6.44. The van der Waals surface area contributed by atoms with Gasteiger partial charge in [0.2, 0.25) is 5.91 Å². The molecule has 0 spiro atoms. The van der Waals surface area contributed by atoms with Gasteiger partial charge in [0.25, 0.3) is 5.91 Å². The zero-order chi connectivity index (χ0) is 15.2. The van der Waals surface area contributed by atoms with E-state index in [-0.39, 0.29) is 11.8 Å². The Labute approximate surface area is 138 Å². The first-order valence-electron chi connectivity index (χ1n) is 7.06. The summed E-state index contributed by atoms with van der Waals surface area (Å²) in [6.07, 6.45) is 0.361. The van der Waals surface area contributed by atoms with Gasteiger partial charge < -0.3 is 15.1 Å². The fourth-order valence-corrected chi connectivity index (χ4v) is 2.56. The van der Waals surface area contributed by atoms with Crippen molar-refractivity contribution in [2.45, 2.75) is 6.42 Å². The SMILES string of the molecule is CN1CCN(C(=O)CCNC(=O)c2ccc(I)cc2)CC1. The van der Waals surface area contributed by atoms with Crippen LogP contribution in [0.3, 0.4) is 0 Å². The van der Waals surface area contributed by atoms with Crippen LogP contribution in [0.1, 0.15) is 16.8 Å². The highest BCUT2D eigenvalue weighted by Gasteiger charge is 2.18. The van der Waals surface area contributed by atoms with Crippen LogP contribution in [-0.2, 0) is 4.79 Å². The van der Waals surface area contributed by atoms with Crippen molar-refractivity contribution in [1.29, 1.82) is 0 Å². The van der Waals surface area contributed by atoms with Crippen LogP contribution in [0.5, 0.6) is 0 Å². The highest BCUT2D eigenvalue weighted by atomic mass is 127. The minimum atomic E-state index is -0.127. The lowest BCUT2D eigenvalue weighted by atomic mass is 10.2. The van der Waals surface area contributed by atoms with E-state index >= 15 is 0 Å². The number of hydrogen-bond donors (Lipinski definition) is 1. The Bertz CT molecular complexity index is 496. The standard InChI is InChI=1S/C15H20IN3O2/c1-18-8-10-19(11-9-18)14(20)6-7-17-15(21)12-2-4-13(16)5-3-12/h2-5H,6-11H2,1H3,(H,17,21). The predicted molar refractivity (Wildman–Crippen MR) is 90.2 cm³/mol. The predicted octanol–water partition coefficient (Wildman–Crippen LogP) is 1.19. The molecule has 0 saturated carbocycles. The van der Waals surface area contributed by atoms with Gasteiger partial charge in [-0.2, -0.15) is 0 Å². The summed E-state index contributed by atoms with van der Waals surface area (Å²) in [5.74, 6) is -0.0106. The molecule has 0 unspecified atom stereocenters. The Morgan fingerprint density at radius 1 is 1.14 bits per heavy atom. The number of nitrogens with zero attached hydrogens (tertiary/aromatic N) is 2. The third-order valence-corrected chi connectivity index (χ3v) is 4.31. The molecule has 21 heavy (non-hydrogen) atoms. The fraction of sp³-hybridized carbons (Fsp3) is 0.467. The van der Waals surface area contributed by atoms with E-state index < -0.39 is 0 Å². The number of hydrogen-bond acceptors (Lipinski definition) is 3. The number of carbonyl (C=O) groups excluding carboxylic acids is 2. The molecule has 0 bridgehead atoms. The van der Waals surface area contributed by atoms with Crippen LogP contribution >= 0.6 is 22.6 Å². The van der Waals surface area contributed by atoms with Crippen molar-refractivity contribution in [1.82, 2.24) is 15.1 Å². The van der Waals surface area contributed by atoms with E-state index in [2.05, 4.69) is 39.9 Å². The minimum Gasteiger partial charge on any atom is -0.352 e. The average Bonchev–Trinajstić information content (AvgIpc) is 2.48. The van der Waals surface area contributed by atoms with Crippen molar-refractivity contribution >= 4 is 34.4 Å². The van der Waals surface area contributed by atoms with Gasteiger partial charge in [-0.15, -0.1) is 0 Å². The summed E-state index contributed by atoms with van der Waals surface area (Å²) >= 11 is 2.20. The Balaban J connectivity index is 1.72. The van der Waals surface area contributed by atoms with Crippen molar-refractivity contribution in [2.24, 2.45) is 0 Å². The number of piperazine rings is 1. The molecule has 1 aliphatic rings. The first-order valence-corrected chi connectivity index (χ1v) is 8.14. The van der Waals surface area contributed by atoms with E-state index in [9.17, 15) is 9.59 Å². The van der Waals surface area contributed by atoms with Crippen LogP contribution in [0.15, 0.2) is 24.3 Å². The number of likely N-dealkylation sites (N-methyl/N-ethyl adjacent to an activating group) is 1. The lowest BCUT2D eigenvalue weighted by molar-refractivity contribution is -0.132. The van der Waals surface area contributed by atoms with E-state index in [1.807, 2.05) is 17.0 Å². The molecular weight excluding hydrogens is 381 g/mol. The Hall–Kier alpha value is -1.15. The Morgan fingerprint density at radius 2 is 1.76 bits per heavy atom. The molecular formula is C15H20IN3O2. The number of benzene rings is 1. The lowest BCUT2D eigenvalue weighted by Gasteiger charge is -2.32. The highest BCUT2D eigenvalue weighted by molar-refractivity contribution is 14.1. The number of rotatable bonds is 4. The Kier molecular flexibility index (Phi) is 5.98. The molecule has 2 amide bonds. The van der Waals surface area contributed by atoms with Crippen molar-refractivity contribution in [2.75, 3.05) is 39.8 Å². The van der Waals surface area contributed by atoms with E-state index in [1.165, 1.54) is 0 Å². The van der Waals surface area contributed by atoms with E-state index in [1.54, 1.807) is 12.1 Å². The summed E-state index contributed by atoms with van der Waals surface area (Å²) in [6.45, 7) is 3.78. The largest absolute Gasteiger partial charge is 0.352 e. The van der Waals surface area contributed by atoms with Crippen LogP contribution in [0.4, 0.5) is 0 Å². The third-order valence-electron chi connectivity index (χ3n) is 3.59. The van der Waals surface area contributed by atoms with Gasteiger partial charge in [-0.1, -0.05) is 0 Å². The van der Waals surface area contributed by atoms with E-state index in [0.717, 1.165) is 29.7 Å². The second kappa shape index (κ2) is 7.74. The summed E-state index contributed by atoms with van der Waals surface area (Å²) in [5.41, 5.74) is 0.627. The van der Waals surface area contributed by atoms with Crippen molar-refractivity contribution in [3.05, 3.63) is 33.4 Å². The summed E-state index contributed by atoms with van der Waals surface area (Å²) in [6, 6.07) is 7.37. The number of halogens is 1. The summed E-state index contributed by atoms with van der Waals surface area (Å²) in [4.78, 5) is 28.0. The molecule has 1 aromatic rings. The van der Waals surface area contributed by atoms with Gasteiger partial charge in [0.15, 0.2) is 0 Å². The summed E-state index contributed by atoms with van der Waals surface area (Å²) < 4.78 is 1.09. The molecule has 114 valence electrons. The maximum atomic E-state index is 12.0. The second-order valence-electron chi connectivity index (χ2n) is 5.20. The van der Waals surface area contributed by atoms with Crippen molar-refractivity contribution in [3.8, 4) is 0 Å². The zero-order valence-corrected chi connectivity index (χ0v) is 14.3. The first kappa shape index (κ1) is 16.2. The van der Waals surface area contributed by atoms with Crippen LogP contribution < -0.4 is 5.32 Å². The molecule has 1 N–H and O–H groups in total. The van der Waals surface area contributed by atoms with Gasteiger partial charge in [-0.3, -0.25) is 9.59 Å². The Morgan fingerprint density at radius 3 is 2.38 bits per heavy atom. The third kappa shape index (κ3) is 4.96. The molecule has 0 aliphatic carbocycles. The molecule has 1 saturated heterocycles. The lowest BCUT2D eigenvalue weighted by Crippen LogP contribution is -2.47. The smallest absolute Gasteiger partial charge is 0.251 e. The zero-order valence-electron chi connectivity index (χ0n) is 12.1. The van der Waals surface area contributed by atoms with Gasteiger partial charge in [0.05, 0.1) is 0 Å². The highest BCUT2D eigenvalue weighted by Crippen LogP contribution is 2.06. The van der Waals surface area contributed by atoms with E-state index in [4.69, 9.17) is 0 Å². The molecule has 0 aromatic heterocycles. The van der Waals surface area contributed by atoms with E-state index in [0.29, 0.717) is 18.5 Å². The molecule has 1 aliphatic heterocycles. The molecule has 0 radical (unpaired) electrons. The van der Waals surface area contributed by atoms with Crippen molar-refractivity contribution < 1.29 is 9.59 Å². The van der Waals surface area contributed by atoms with Gasteiger partial charge in [-0.25, -0.2) is 0 Å². The number of carbonyl (C=O) groups is 2. The van der Waals surface area contributed by atoms with Gasteiger partial charge >= 0.3 is 0 Å². The molecule has 2 rings (SSSR count). The fourth-order valence-electron chi connectivity index (χ4n) is 2.20. The van der Waals surface area contributed by atoms with Gasteiger partial charge in [0.1, 0.15) is 0 Å². The normalized spacial score (nSPS) is 15.8.